The number of amides is 1. The van der Waals surface area contributed by atoms with Crippen LogP contribution in [0.25, 0.3) is 0 Å². The highest BCUT2D eigenvalue weighted by atomic mass is 35.5. The number of methoxy groups -OCH3 is 1. The second-order valence-corrected chi connectivity index (χ2v) is 5.59. The van der Waals surface area contributed by atoms with Gasteiger partial charge in [0, 0.05) is 17.1 Å². The van der Waals surface area contributed by atoms with Crippen molar-refractivity contribution in [2.45, 2.75) is 6.54 Å². The molecule has 2 rings (SSSR count). The Morgan fingerprint density at radius 3 is 2.74 bits per heavy atom. The third kappa shape index (κ3) is 4.94. The van der Waals surface area contributed by atoms with Crippen LogP contribution in [-0.4, -0.2) is 31.5 Å². The Labute approximate surface area is 139 Å². The Hall–Kier alpha value is -2.11. The minimum absolute atomic E-state index is 0.115. The lowest BCUT2D eigenvalue weighted by molar-refractivity contribution is -0.117. The molecule has 0 aliphatic rings. The molecule has 6 heteroatoms. The number of halogens is 2. The van der Waals surface area contributed by atoms with Gasteiger partial charge in [-0.3, -0.25) is 9.69 Å². The molecule has 2 aromatic carbocycles. The number of nitrogens with zero attached hydrogens (tertiary/aromatic N) is 1. The number of likely N-dealkylation sites (N-methyl/N-ethyl adjacent to an activating group) is 1. The molecular formula is C17H18ClFN2O2. The van der Waals surface area contributed by atoms with Gasteiger partial charge in [0.05, 0.1) is 19.3 Å². The summed E-state index contributed by atoms with van der Waals surface area (Å²) in [5, 5.41) is 3.16. The molecule has 0 spiro atoms. The van der Waals surface area contributed by atoms with Crippen LogP contribution in [0.1, 0.15) is 5.56 Å². The summed E-state index contributed by atoms with van der Waals surface area (Å²) >= 11 is 5.99. The van der Waals surface area contributed by atoms with Gasteiger partial charge in [-0.05, 0) is 37.4 Å². The van der Waals surface area contributed by atoms with Crippen molar-refractivity contribution in [2.24, 2.45) is 0 Å². The summed E-state index contributed by atoms with van der Waals surface area (Å²) in [6.45, 7) is 0.596. The second kappa shape index (κ2) is 7.94. The predicted molar refractivity (Wildman–Crippen MR) is 89.4 cm³/mol. The van der Waals surface area contributed by atoms with Crippen molar-refractivity contribution < 1.29 is 13.9 Å². The van der Waals surface area contributed by atoms with E-state index in [1.807, 2.05) is 0 Å². The number of carbonyl (C=O) groups is 1. The average Bonchev–Trinajstić information content (AvgIpc) is 2.49. The van der Waals surface area contributed by atoms with Gasteiger partial charge in [0.1, 0.15) is 11.6 Å². The minimum atomic E-state index is -0.458. The number of carbonyl (C=O) groups excluding carboxylic acids is 1. The van der Waals surface area contributed by atoms with Crippen molar-refractivity contribution in [3.05, 3.63) is 58.9 Å². The fourth-order valence-electron chi connectivity index (χ4n) is 2.21. The molecule has 0 atom stereocenters. The summed E-state index contributed by atoms with van der Waals surface area (Å²) in [7, 11) is 3.37. The minimum Gasteiger partial charge on any atom is -0.496 e. The molecule has 0 aliphatic heterocycles. The highest BCUT2D eigenvalue weighted by Gasteiger charge is 2.12. The van der Waals surface area contributed by atoms with Gasteiger partial charge in [-0.1, -0.05) is 23.7 Å². The smallest absolute Gasteiger partial charge is 0.238 e. The van der Waals surface area contributed by atoms with E-state index in [9.17, 15) is 9.18 Å². The molecule has 4 nitrogen and oxygen atoms in total. The number of para-hydroxylation sites is 1. The molecule has 1 N–H and O–H groups in total. The van der Waals surface area contributed by atoms with E-state index in [-0.39, 0.29) is 18.1 Å². The number of rotatable bonds is 6. The van der Waals surface area contributed by atoms with Gasteiger partial charge >= 0.3 is 0 Å². The quantitative estimate of drug-likeness (QED) is 0.877. The number of ether oxygens (including phenoxy) is 1. The Morgan fingerprint density at radius 1 is 1.30 bits per heavy atom. The van der Waals surface area contributed by atoms with E-state index in [1.54, 1.807) is 49.4 Å². The molecule has 0 unspecified atom stereocenters. The van der Waals surface area contributed by atoms with Crippen LogP contribution in [-0.2, 0) is 11.3 Å². The Morgan fingerprint density at radius 2 is 2.04 bits per heavy atom. The molecule has 0 aliphatic carbocycles. The lowest BCUT2D eigenvalue weighted by Gasteiger charge is -2.18. The molecule has 2 aromatic rings. The zero-order valence-electron chi connectivity index (χ0n) is 13.0. The number of nitrogens with one attached hydrogen (secondary N) is 1. The van der Waals surface area contributed by atoms with E-state index in [0.717, 1.165) is 5.56 Å². The third-order valence-corrected chi connectivity index (χ3v) is 3.48. The number of hydrogen-bond donors (Lipinski definition) is 1. The summed E-state index contributed by atoms with van der Waals surface area (Å²) in [4.78, 5) is 13.8. The molecule has 0 saturated carbocycles. The number of hydrogen-bond acceptors (Lipinski definition) is 3. The Kier molecular flexibility index (Phi) is 5.96. The van der Waals surface area contributed by atoms with Crippen LogP contribution in [0.3, 0.4) is 0 Å². The summed E-state index contributed by atoms with van der Waals surface area (Å²) < 4.78 is 18.8. The van der Waals surface area contributed by atoms with Gasteiger partial charge in [-0.15, -0.1) is 0 Å². The average molecular weight is 337 g/mol. The van der Waals surface area contributed by atoms with E-state index in [0.29, 0.717) is 17.3 Å². The monoisotopic (exact) mass is 336 g/mol. The highest BCUT2D eigenvalue weighted by molar-refractivity contribution is 6.30. The second-order valence-electron chi connectivity index (χ2n) is 5.16. The van der Waals surface area contributed by atoms with E-state index < -0.39 is 5.82 Å². The molecular weight excluding hydrogens is 319 g/mol. The van der Waals surface area contributed by atoms with E-state index >= 15 is 0 Å². The van der Waals surface area contributed by atoms with Gasteiger partial charge in [-0.2, -0.15) is 0 Å². The molecule has 1 amide bonds. The first-order valence-electron chi connectivity index (χ1n) is 7.05. The predicted octanol–water partition coefficient (Wildman–Crippen LogP) is 3.56. The Bertz CT molecular complexity index is 694. The van der Waals surface area contributed by atoms with Crippen molar-refractivity contribution in [1.82, 2.24) is 4.90 Å². The normalized spacial score (nSPS) is 10.7. The molecule has 23 heavy (non-hydrogen) atoms. The maximum absolute atomic E-state index is 13.5. The van der Waals surface area contributed by atoms with Crippen LogP contribution in [0, 0.1) is 5.82 Å². The van der Waals surface area contributed by atoms with Crippen LogP contribution in [0.4, 0.5) is 10.1 Å². The Balaban J connectivity index is 1.97. The molecule has 0 radical (unpaired) electrons. The summed E-state index contributed by atoms with van der Waals surface area (Å²) in [6.07, 6.45) is 0. The van der Waals surface area contributed by atoms with Gasteiger partial charge in [0.25, 0.3) is 0 Å². The first kappa shape index (κ1) is 17.2. The summed E-state index contributed by atoms with van der Waals surface area (Å²) in [6, 6.07) is 11.4. The molecule has 0 aromatic heterocycles. The lowest BCUT2D eigenvalue weighted by Crippen LogP contribution is -2.30. The SMILES string of the molecule is COc1ccc(Cl)cc1CN(C)CC(=O)Nc1ccccc1F. The van der Waals surface area contributed by atoms with Crippen LogP contribution in [0.2, 0.25) is 5.02 Å². The van der Waals surface area contributed by atoms with Gasteiger partial charge < -0.3 is 10.1 Å². The molecule has 0 fully saturated rings. The molecule has 122 valence electrons. The van der Waals surface area contributed by atoms with Crippen LogP contribution in [0.15, 0.2) is 42.5 Å². The van der Waals surface area contributed by atoms with Crippen molar-refractivity contribution in [3.63, 3.8) is 0 Å². The summed E-state index contributed by atoms with van der Waals surface area (Å²) in [5.74, 6) is -0.0469. The van der Waals surface area contributed by atoms with Crippen LogP contribution < -0.4 is 10.1 Å². The van der Waals surface area contributed by atoms with Crippen molar-refractivity contribution >= 4 is 23.2 Å². The molecule has 0 bridgehead atoms. The van der Waals surface area contributed by atoms with Crippen molar-refractivity contribution in [2.75, 3.05) is 26.0 Å². The van der Waals surface area contributed by atoms with E-state index in [1.165, 1.54) is 12.1 Å². The first-order chi connectivity index (χ1) is 11.0. The highest BCUT2D eigenvalue weighted by Crippen LogP contribution is 2.23. The van der Waals surface area contributed by atoms with Crippen LogP contribution >= 0.6 is 11.6 Å². The van der Waals surface area contributed by atoms with Crippen LogP contribution in [0.5, 0.6) is 5.75 Å². The number of anilines is 1. The first-order valence-corrected chi connectivity index (χ1v) is 7.42. The molecule has 0 heterocycles. The van der Waals surface area contributed by atoms with Crippen molar-refractivity contribution in [1.29, 1.82) is 0 Å². The van der Waals surface area contributed by atoms with Gasteiger partial charge in [0.2, 0.25) is 5.91 Å². The van der Waals surface area contributed by atoms with Gasteiger partial charge in [-0.25, -0.2) is 4.39 Å². The maximum atomic E-state index is 13.5. The fraction of sp³-hybridized carbons (Fsp3) is 0.235. The zero-order chi connectivity index (χ0) is 16.8. The summed E-state index contributed by atoms with van der Waals surface area (Å²) in [5.41, 5.74) is 1.05. The standard InChI is InChI=1S/C17H18ClFN2O2/c1-21(10-12-9-13(18)7-8-16(12)23-2)11-17(22)20-15-6-4-3-5-14(15)19/h3-9H,10-11H2,1-2H3,(H,20,22). The maximum Gasteiger partial charge on any atom is 0.238 e. The van der Waals surface area contributed by atoms with Gasteiger partial charge in [0.15, 0.2) is 0 Å². The zero-order valence-corrected chi connectivity index (χ0v) is 13.7. The fourth-order valence-corrected chi connectivity index (χ4v) is 2.41. The molecule has 0 saturated heterocycles. The lowest BCUT2D eigenvalue weighted by atomic mass is 10.2. The number of benzene rings is 2. The largest absolute Gasteiger partial charge is 0.496 e. The van der Waals surface area contributed by atoms with E-state index in [2.05, 4.69) is 5.32 Å². The third-order valence-electron chi connectivity index (χ3n) is 3.24. The van der Waals surface area contributed by atoms with Crippen molar-refractivity contribution in [3.8, 4) is 5.75 Å². The topological polar surface area (TPSA) is 41.6 Å². The van der Waals surface area contributed by atoms with E-state index in [4.69, 9.17) is 16.3 Å².